The van der Waals surface area contributed by atoms with Crippen molar-refractivity contribution in [2.75, 3.05) is 6.61 Å². The van der Waals surface area contributed by atoms with Gasteiger partial charge in [0.05, 0.1) is 6.61 Å². The Kier molecular flexibility index (Phi) is 10.0. The molecular weight excluding hydrogens is 232 g/mol. The van der Waals surface area contributed by atoms with Crippen LogP contribution in [0, 0.1) is 5.92 Å². The van der Waals surface area contributed by atoms with Crippen LogP contribution in [0.2, 0.25) is 0 Å². The first kappa shape index (κ1) is 16.7. The van der Waals surface area contributed by atoms with E-state index in [-0.39, 0.29) is 0 Å². The highest BCUT2D eigenvalue weighted by Crippen LogP contribution is 2.10. The quantitative estimate of drug-likeness (QED) is 0.370. The summed E-state index contributed by atoms with van der Waals surface area (Å²) < 4.78 is 4.85. The predicted molar refractivity (Wildman–Crippen MR) is 70.3 cm³/mol. The Morgan fingerprint density at radius 3 is 2.28 bits per heavy atom. The fraction of sp³-hybridized carbons (Fsp3) is 0.714. The van der Waals surface area contributed by atoms with Crippen molar-refractivity contribution < 1.29 is 19.4 Å². The molecule has 4 nitrogen and oxygen atoms in total. The maximum Gasteiger partial charge on any atom is 0.331 e. The highest BCUT2D eigenvalue weighted by Gasteiger charge is 1.98. The second-order valence-electron chi connectivity index (χ2n) is 4.79. The Morgan fingerprint density at radius 1 is 1.06 bits per heavy atom. The van der Waals surface area contributed by atoms with E-state index in [0.717, 1.165) is 37.3 Å². The van der Waals surface area contributed by atoms with Gasteiger partial charge in [0, 0.05) is 12.2 Å². The lowest BCUT2D eigenvalue weighted by Gasteiger charge is -2.04. The molecule has 0 spiro atoms. The molecule has 0 saturated heterocycles. The number of hydrogen-bond acceptors (Lipinski definition) is 3. The third-order valence-corrected chi connectivity index (χ3v) is 2.53. The second kappa shape index (κ2) is 10.8. The molecule has 0 amide bonds. The van der Waals surface area contributed by atoms with Crippen molar-refractivity contribution >= 4 is 11.9 Å². The van der Waals surface area contributed by atoms with Crippen LogP contribution in [0.15, 0.2) is 12.2 Å². The third-order valence-electron chi connectivity index (χ3n) is 2.53. The minimum Gasteiger partial charge on any atom is -0.478 e. The van der Waals surface area contributed by atoms with E-state index in [0.29, 0.717) is 6.61 Å². The number of unbranched alkanes of at least 4 members (excludes halogenated alkanes) is 4. The fourth-order valence-corrected chi connectivity index (χ4v) is 1.55. The van der Waals surface area contributed by atoms with Crippen molar-refractivity contribution in [1.82, 2.24) is 0 Å². The number of carboxylic acids is 1. The zero-order chi connectivity index (χ0) is 13.8. The fourth-order valence-electron chi connectivity index (χ4n) is 1.55. The molecule has 0 aliphatic rings. The van der Waals surface area contributed by atoms with E-state index < -0.39 is 11.9 Å². The Labute approximate surface area is 109 Å². The van der Waals surface area contributed by atoms with Gasteiger partial charge in [-0.1, -0.05) is 46.0 Å². The maximum absolute atomic E-state index is 11.0. The van der Waals surface area contributed by atoms with Crippen molar-refractivity contribution in [2.24, 2.45) is 5.92 Å². The predicted octanol–water partition coefficient (Wildman–Crippen LogP) is 3.17. The SMILES string of the molecule is CC(C)CCCCCCCOC(=O)/C=C\C(=O)O. The van der Waals surface area contributed by atoms with Gasteiger partial charge >= 0.3 is 11.9 Å². The highest BCUT2D eigenvalue weighted by atomic mass is 16.5. The average Bonchev–Trinajstić information content (AvgIpc) is 2.29. The molecule has 0 aromatic heterocycles. The number of carbonyl (C=O) groups excluding carboxylic acids is 1. The van der Waals surface area contributed by atoms with E-state index in [1.54, 1.807) is 0 Å². The first-order valence-electron chi connectivity index (χ1n) is 6.60. The molecular formula is C14H24O4. The van der Waals surface area contributed by atoms with Crippen LogP contribution in [-0.2, 0) is 14.3 Å². The second-order valence-corrected chi connectivity index (χ2v) is 4.79. The van der Waals surface area contributed by atoms with Crippen molar-refractivity contribution in [3.05, 3.63) is 12.2 Å². The summed E-state index contributed by atoms with van der Waals surface area (Å²) >= 11 is 0. The normalized spacial score (nSPS) is 11.1. The van der Waals surface area contributed by atoms with Crippen LogP contribution in [-0.4, -0.2) is 23.7 Å². The van der Waals surface area contributed by atoms with Gasteiger partial charge in [-0.2, -0.15) is 0 Å². The molecule has 0 unspecified atom stereocenters. The molecule has 0 radical (unpaired) electrons. The van der Waals surface area contributed by atoms with Crippen molar-refractivity contribution in [3.8, 4) is 0 Å². The van der Waals surface area contributed by atoms with Crippen LogP contribution in [0.4, 0.5) is 0 Å². The van der Waals surface area contributed by atoms with Gasteiger partial charge in [0.25, 0.3) is 0 Å². The largest absolute Gasteiger partial charge is 0.478 e. The molecule has 104 valence electrons. The molecule has 0 aromatic rings. The number of ether oxygens (including phenoxy) is 1. The molecule has 4 heteroatoms. The summed E-state index contributed by atoms with van der Waals surface area (Å²) in [5, 5.41) is 8.30. The summed E-state index contributed by atoms with van der Waals surface area (Å²) in [4.78, 5) is 21.1. The number of hydrogen-bond donors (Lipinski definition) is 1. The van der Waals surface area contributed by atoms with Gasteiger partial charge < -0.3 is 9.84 Å². The summed E-state index contributed by atoms with van der Waals surface area (Å²) in [6.45, 7) is 4.82. The summed E-state index contributed by atoms with van der Waals surface area (Å²) in [6, 6.07) is 0. The maximum atomic E-state index is 11.0. The zero-order valence-electron chi connectivity index (χ0n) is 11.4. The first-order valence-corrected chi connectivity index (χ1v) is 6.60. The van der Waals surface area contributed by atoms with Crippen LogP contribution in [0.5, 0.6) is 0 Å². The molecule has 1 N–H and O–H groups in total. The molecule has 0 atom stereocenters. The van der Waals surface area contributed by atoms with Crippen molar-refractivity contribution in [3.63, 3.8) is 0 Å². The lowest BCUT2D eigenvalue weighted by Crippen LogP contribution is -2.03. The van der Waals surface area contributed by atoms with Crippen LogP contribution in [0.3, 0.4) is 0 Å². The monoisotopic (exact) mass is 256 g/mol. The van der Waals surface area contributed by atoms with Gasteiger partial charge in [-0.3, -0.25) is 0 Å². The van der Waals surface area contributed by atoms with Gasteiger partial charge in [0.2, 0.25) is 0 Å². The molecule has 0 bridgehead atoms. The average molecular weight is 256 g/mol. The number of rotatable bonds is 10. The topological polar surface area (TPSA) is 63.6 Å². The van der Waals surface area contributed by atoms with Crippen LogP contribution < -0.4 is 0 Å². The molecule has 0 rings (SSSR count). The molecule has 0 aliphatic heterocycles. The number of esters is 1. The van der Waals surface area contributed by atoms with Gasteiger partial charge in [0.1, 0.15) is 0 Å². The minimum atomic E-state index is -1.14. The Balaban J connectivity index is 3.30. The molecule has 0 aliphatic carbocycles. The Hall–Kier alpha value is -1.32. The van der Waals surface area contributed by atoms with Gasteiger partial charge in [-0.25, -0.2) is 9.59 Å². The summed E-state index contributed by atoms with van der Waals surface area (Å²) in [5.74, 6) is -0.957. The minimum absolute atomic E-state index is 0.368. The molecule has 18 heavy (non-hydrogen) atoms. The lowest BCUT2D eigenvalue weighted by atomic mass is 10.0. The molecule has 0 aromatic carbocycles. The van der Waals surface area contributed by atoms with E-state index in [9.17, 15) is 9.59 Å². The van der Waals surface area contributed by atoms with Crippen LogP contribution >= 0.6 is 0 Å². The summed E-state index contributed by atoms with van der Waals surface area (Å²) in [5.41, 5.74) is 0. The van der Waals surface area contributed by atoms with Gasteiger partial charge in [-0.05, 0) is 12.3 Å². The summed E-state index contributed by atoms with van der Waals surface area (Å²) in [6.07, 6.45) is 8.54. The standard InChI is InChI=1S/C14H24O4/c1-12(2)8-6-4-3-5-7-11-18-14(17)10-9-13(15)16/h9-10,12H,3-8,11H2,1-2H3,(H,15,16)/b10-9-. The number of carbonyl (C=O) groups is 2. The van der Waals surface area contributed by atoms with Crippen LogP contribution in [0.25, 0.3) is 0 Å². The molecule has 0 heterocycles. The number of aliphatic carboxylic acids is 1. The Morgan fingerprint density at radius 2 is 1.67 bits per heavy atom. The van der Waals surface area contributed by atoms with Crippen molar-refractivity contribution in [1.29, 1.82) is 0 Å². The van der Waals surface area contributed by atoms with Crippen LogP contribution in [0.1, 0.15) is 52.4 Å². The first-order chi connectivity index (χ1) is 8.52. The molecule has 0 saturated carbocycles. The third kappa shape index (κ3) is 12.7. The Bertz CT molecular complexity index is 269. The van der Waals surface area contributed by atoms with E-state index in [1.165, 1.54) is 19.3 Å². The highest BCUT2D eigenvalue weighted by molar-refractivity contribution is 5.90. The van der Waals surface area contributed by atoms with Crippen molar-refractivity contribution in [2.45, 2.75) is 52.4 Å². The zero-order valence-corrected chi connectivity index (χ0v) is 11.4. The van der Waals surface area contributed by atoms with Gasteiger partial charge in [0.15, 0.2) is 0 Å². The lowest BCUT2D eigenvalue weighted by molar-refractivity contribution is -0.138. The van der Waals surface area contributed by atoms with E-state index in [4.69, 9.17) is 9.84 Å². The molecule has 0 fully saturated rings. The van der Waals surface area contributed by atoms with E-state index in [1.807, 2.05) is 0 Å². The van der Waals surface area contributed by atoms with E-state index >= 15 is 0 Å². The van der Waals surface area contributed by atoms with E-state index in [2.05, 4.69) is 13.8 Å². The number of carboxylic acid groups (broad SMARTS) is 1. The summed E-state index contributed by atoms with van der Waals surface area (Å²) in [7, 11) is 0. The smallest absolute Gasteiger partial charge is 0.331 e. The van der Waals surface area contributed by atoms with Gasteiger partial charge in [-0.15, -0.1) is 0 Å².